The lowest BCUT2D eigenvalue weighted by Gasteiger charge is -2.24. The molecule has 1 unspecified atom stereocenters. The van der Waals surface area contributed by atoms with Crippen molar-refractivity contribution in [3.05, 3.63) is 23.8 Å². The molecule has 0 radical (unpaired) electrons. The van der Waals surface area contributed by atoms with E-state index in [1.807, 2.05) is 19.1 Å². The zero-order valence-electron chi connectivity index (χ0n) is 19.8. The molecule has 0 amide bonds. The summed E-state index contributed by atoms with van der Waals surface area (Å²) in [6, 6.07) is 0. The molecule has 0 aromatic heterocycles. The largest absolute Gasteiger partial charge is 0.469 e. The van der Waals surface area contributed by atoms with Gasteiger partial charge in [0.05, 0.1) is 24.9 Å². The minimum atomic E-state index is -0.905. The Morgan fingerprint density at radius 2 is 1.94 bits per heavy atom. The van der Waals surface area contributed by atoms with Gasteiger partial charge in [0.2, 0.25) is 0 Å². The molecule has 1 aliphatic carbocycles. The Kier molecular flexibility index (Phi) is 9.76. The van der Waals surface area contributed by atoms with Crippen molar-refractivity contribution in [3.8, 4) is 0 Å². The van der Waals surface area contributed by atoms with Crippen LogP contribution in [0.2, 0.25) is 0 Å². The summed E-state index contributed by atoms with van der Waals surface area (Å²) in [4.78, 5) is 22.9. The molecule has 1 saturated heterocycles. The normalized spacial score (nSPS) is 29.4. The average molecular weight is 437 g/mol. The molecule has 31 heavy (non-hydrogen) atoms. The highest BCUT2D eigenvalue weighted by Gasteiger charge is 2.49. The van der Waals surface area contributed by atoms with Gasteiger partial charge in [-0.3, -0.25) is 9.59 Å². The van der Waals surface area contributed by atoms with E-state index in [0.717, 1.165) is 32.1 Å². The van der Waals surface area contributed by atoms with Crippen LogP contribution in [0, 0.1) is 11.8 Å². The topological polar surface area (TPSA) is 82.1 Å². The molecule has 1 N–H and O–H groups in total. The second-order valence-electron chi connectivity index (χ2n) is 9.52. The number of ether oxygens (including phenoxy) is 3. The van der Waals surface area contributed by atoms with Gasteiger partial charge in [-0.25, -0.2) is 0 Å². The Labute approximate surface area is 187 Å². The van der Waals surface area contributed by atoms with Crippen LogP contribution in [0.1, 0.15) is 79.1 Å². The number of aliphatic hydroxyl groups is 1. The highest BCUT2D eigenvalue weighted by Crippen LogP contribution is 2.46. The molecule has 6 nitrogen and oxygen atoms in total. The van der Waals surface area contributed by atoms with Crippen molar-refractivity contribution >= 4 is 11.9 Å². The maximum atomic E-state index is 11.6. The maximum absolute atomic E-state index is 11.6. The van der Waals surface area contributed by atoms with Gasteiger partial charge in [0, 0.05) is 25.7 Å². The molecule has 176 valence electrons. The van der Waals surface area contributed by atoms with Gasteiger partial charge in [0.25, 0.3) is 0 Å². The van der Waals surface area contributed by atoms with Crippen molar-refractivity contribution in [2.75, 3.05) is 7.11 Å². The van der Waals surface area contributed by atoms with E-state index < -0.39 is 5.60 Å². The highest BCUT2D eigenvalue weighted by molar-refractivity contribution is 5.69. The molecular weight excluding hydrogens is 396 g/mol. The Bertz CT molecular complexity index is 661. The Morgan fingerprint density at radius 1 is 1.19 bits per heavy atom. The summed E-state index contributed by atoms with van der Waals surface area (Å²) in [5, 5.41) is 10.8. The summed E-state index contributed by atoms with van der Waals surface area (Å²) in [7, 11) is 1.41. The van der Waals surface area contributed by atoms with E-state index >= 15 is 0 Å². The highest BCUT2D eigenvalue weighted by atomic mass is 16.6. The van der Waals surface area contributed by atoms with Crippen molar-refractivity contribution < 1.29 is 28.9 Å². The van der Waals surface area contributed by atoms with Gasteiger partial charge in [-0.2, -0.15) is 0 Å². The fourth-order valence-corrected chi connectivity index (χ4v) is 4.75. The smallest absolute Gasteiger partial charge is 0.305 e. The van der Waals surface area contributed by atoms with Crippen molar-refractivity contribution in [1.29, 1.82) is 0 Å². The van der Waals surface area contributed by atoms with E-state index in [9.17, 15) is 14.7 Å². The predicted octanol–water partition coefficient (Wildman–Crippen LogP) is 4.50. The van der Waals surface area contributed by atoms with Crippen LogP contribution in [0.5, 0.6) is 0 Å². The first-order valence-electron chi connectivity index (χ1n) is 11.6. The summed E-state index contributed by atoms with van der Waals surface area (Å²) in [6.45, 7) is 7.37. The third-order valence-corrected chi connectivity index (χ3v) is 6.35. The maximum Gasteiger partial charge on any atom is 0.305 e. The molecule has 6 heteroatoms. The second kappa shape index (κ2) is 11.8. The van der Waals surface area contributed by atoms with Crippen LogP contribution in [0.4, 0.5) is 0 Å². The molecular formula is C25H40O6. The van der Waals surface area contributed by atoms with Gasteiger partial charge in [0.1, 0.15) is 6.10 Å². The molecule has 0 bridgehead atoms. The molecule has 1 aliphatic heterocycles. The van der Waals surface area contributed by atoms with E-state index in [0.29, 0.717) is 19.3 Å². The molecule has 6 atom stereocenters. The van der Waals surface area contributed by atoms with Crippen LogP contribution in [-0.2, 0) is 23.8 Å². The molecule has 0 aromatic rings. The molecule has 2 rings (SSSR count). The lowest BCUT2D eigenvalue weighted by molar-refractivity contribution is -0.148. The van der Waals surface area contributed by atoms with Crippen LogP contribution in [-0.4, -0.2) is 48.1 Å². The number of hydrogen-bond acceptors (Lipinski definition) is 6. The van der Waals surface area contributed by atoms with Crippen molar-refractivity contribution in [1.82, 2.24) is 0 Å². The molecule has 2 fully saturated rings. The molecule has 0 spiro atoms. The SMILES string of the molecule is COC(=O)CCCC[C@@H]1C[C@@H]2[C@@H](/C=C/C(C)(O)CCC=C(C)C)[C@H](OC(C)=O)C[C@@H]2O1. The van der Waals surface area contributed by atoms with E-state index in [4.69, 9.17) is 9.47 Å². The molecule has 2 aliphatic rings. The average Bonchev–Trinajstić information content (AvgIpc) is 3.19. The minimum Gasteiger partial charge on any atom is -0.469 e. The predicted molar refractivity (Wildman–Crippen MR) is 119 cm³/mol. The van der Waals surface area contributed by atoms with Crippen molar-refractivity contribution in [3.63, 3.8) is 0 Å². The third kappa shape index (κ3) is 8.41. The zero-order chi connectivity index (χ0) is 23.0. The lowest BCUT2D eigenvalue weighted by Crippen LogP contribution is -2.26. The number of fused-ring (bicyclic) bond motifs is 1. The Morgan fingerprint density at radius 3 is 2.58 bits per heavy atom. The third-order valence-electron chi connectivity index (χ3n) is 6.35. The van der Waals surface area contributed by atoms with Crippen molar-refractivity contribution in [2.45, 2.75) is 103 Å². The van der Waals surface area contributed by atoms with Gasteiger partial charge in [0.15, 0.2) is 0 Å². The van der Waals surface area contributed by atoms with Gasteiger partial charge in [-0.05, 0) is 58.8 Å². The first-order chi connectivity index (χ1) is 14.6. The van der Waals surface area contributed by atoms with Gasteiger partial charge < -0.3 is 19.3 Å². The van der Waals surface area contributed by atoms with Gasteiger partial charge >= 0.3 is 11.9 Å². The number of methoxy groups -OCH3 is 1. The fraction of sp³-hybridized carbons (Fsp3) is 0.760. The number of allylic oxidation sites excluding steroid dienone is 2. The van der Waals surface area contributed by atoms with Crippen LogP contribution in [0.3, 0.4) is 0 Å². The zero-order valence-corrected chi connectivity index (χ0v) is 19.8. The summed E-state index contributed by atoms with van der Waals surface area (Å²) in [5.74, 6) is -0.128. The summed E-state index contributed by atoms with van der Waals surface area (Å²) in [6.07, 6.45) is 12.2. The van der Waals surface area contributed by atoms with Gasteiger partial charge in [-0.1, -0.05) is 30.2 Å². The Balaban J connectivity index is 1.95. The number of rotatable bonds is 11. The lowest BCUT2D eigenvalue weighted by atomic mass is 9.87. The fourth-order valence-electron chi connectivity index (χ4n) is 4.75. The second-order valence-corrected chi connectivity index (χ2v) is 9.52. The summed E-state index contributed by atoms with van der Waals surface area (Å²) >= 11 is 0. The molecule has 1 saturated carbocycles. The van der Waals surface area contributed by atoms with Crippen LogP contribution < -0.4 is 0 Å². The van der Waals surface area contributed by atoms with E-state index in [2.05, 4.69) is 24.7 Å². The number of hydrogen-bond donors (Lipinski definition) is 1. The monoisotopic (exact) mass is 436 g/mol. The van der Waals surface area contributed by atoms with E-state index in [1.54, 1.807) is 0 Å². The number of carbonyl (C=O) groups is 2. The summed E-state index contributed by atoms with van der Waals surface area (Å²) in [5.41, 5.74) is 0.339. The number of unbranched alkanes of at least 4 members (excludes halogenated alkanes) is 1. The quantitative estimate of drug-likeness (QED) is 0.292. The van der Waals surface area contributed by atoms with E-state index in [1.165, 1.54) is 19.6 Å². The number of esters is 2. The van der Waals surface area contributed by atoms with Gasteiger partial charge in [-0.15, -0.1) is 0 Å². The van der Waals surface area contributed by atoms with E-state index in [-0.39, 0.29) is 42.1 Å². The van der Waals surface area contributed by atoms with Crippen molar-refractivity contribution in [2.24, 2.45) is 11.8 Å². The standard InChI is InChI=1S/C25H40O6/c1-17(2)9-8-13-25(4,28)14-12-20-21-15-19(10-6-7-11-24(27)29-5)31-23(21)16-22(20)30-18(3)26/h9,12,14,19-23,28H,6-8,10-11,13,15-16H2,1-5H3/b14-12+/t19-,20-,21-,22-,23+,25?/m1/s1. The first kappa shape index (κ1) is 25.6. The number of carbonyl (C=O) groups excluding carboxylic acids is 2. The van der Waals surface area contributed by atoms with Crippen LogP contribution in [0.15, 0.2) is 23.8 Å². The minimum absolute atomic E-state index is 0.0453. The first-order valence-corrected chi connectivity index (χ1v) is 11.6. The summed E-state index contributed by atoms with van der Waals surface area (Å²) < 4.78 is 16.6. The molecule has 0 aromatic carbocycles. The van der Waals surface area contributed by atoms with Crippen LogP contribution in [0.25, 0.3) is 0 Å². The Hall–Kier alpha value is -1.66. The van der Waals surface area contributed by atoms with Crippen LogP contribution >= 0.6 is 0 Å². The molecule has 1 heterocycles.